The van der Waals surface area contributed by atoms with Crippen LogP contribution in [0.1, 0.15) is 24.8 Å². The second-order valence-corrected chi connectivity index (χ2v) is 8.08. The van der Waals surface area contributed by atoms with Crippen LogP contribution in [0.5, 0.6) is 0 Å². The minimum absolute atomic E-state index is 0.243. The molecule has 0 amide bonds. The van der Waals surface area contributed by atoms with Crippen LogP contribution in [0, 0.1) is 11.8 Å². The number of hydrogen-bond donors (Lipinski definition) is 1. The van der Waals surface area contributed by atoms with E-state index in [1.165, 1.54) is 6.42 Å². The molecule has 2 N–H and O–H groups in total. The van der Waals surface area contributed by atoms with Crippen LogP contribution in [0.15, 0.2) is 23.1 Å². The molecule has 0 aromatic heterocycles. The molecule has 1 saturated carbocycles. The van der Waals surface area contributed by atoms with Gasteiger partial charge in [-0.2, -0.15) is 4.31 Å². The van der Waals surface area contributed by atoms with Crippen molar-refractivity contribution in [3.63, 3.8) is 0 Å². The lowest BCUT2D eigenvalue weighted by Crippen LogP contribution is -2.29. The van der Waals surface area contributed by atoms with Crippen molar-refractivity contribution in [2.45, 2.75) is 30.7 Å². The Morgan fingerprint density at radius 1 is 1.25 bits per heavy atom. The van der Waals surface area contributed by atoms with E-state index in [0.29, 0.717) is 40.4 Å². The zero-order valence-electron chi connectivity index (χ0n) is 11.3. The number of rotatable bonds is 3. The molecule has 2 unspecified atom stereocenters. The second kappa shape index (κ2) is 5.30. The molecule has 2 aliphatic rings. The number of halogens is 1. The number of benzene rings is 1. The van der Waals surface area contributed by atoms with Gasteiger partial charge in [-0.05, 0) is 48.4 Å². The highest BCUT2D eigenvalue weighted by molar-refractivity contribution is 7.89. The first-order valence-corrected chi connectivity index (χ1v) is 8.83. The monoisotopic (exact) mass is 314 g/mol. The first-order chi connectivity index (χ1) is 9.52. The van der Waals surface area contributed by atoms with E-state index < -0.39 is 10.0 Å². The zero-order chi connectivity index (χ0) is 14.3. The third-order valence-corrected chi connectivity index (χ3v) is 6.76. The second-order valence-electron chi connectivity index (χ2n) is 5.73. The van der Waals surface area contributed by atoms with Crippen LogP contribution in [0.4, 0.5) is 0 Å². The molecule has 4 nitrogen and oxygen atoms in total. The van der Waals surface area contributed by atoms with Crippen LogP contribution in [-0.2, 0) is 16.6 Å². The molecule has 110 valence electrons. The van der Waals surface area contributed by atoms with Crippen molar-refractivity contribution in [2.24, 2.45) is 17.6 Å². The van der Waals surface area contributed by atoms with Crippen LogP contribution in [-0.4, -0.2) is 25.8 Å². The first-order valence-electron chi connectivity index (χ1n) is 7.01. The first kappa shape index (κ1) is 14.3. The molecule has 1 heterocycles. The van der Waals surface area contributed by atoms with E-state index in [0.717, 1.165) is 12.8 Å². The number of nitrogens with two attached hydrogens (primary N) is 1. The van der Waals surface area contributed by atoms with Gasteiger partial charge < -0.3 is 5.73 Å². The van der Waals surface area contributed by atoms with Crippen molar-refractivity contribution in [1.29, 1.82) is 0 Å². The predicted octanol–water partition coefficient (Wildman–Crippen LogP) is 2.22. The van der Waals surface area contributed by atoms with Gasteiger partial charge in [0.2, 0.25) is 10.0 Å². The van der Waals surface area contributed by atoms with Gasteiger partial charge in [0.25, 0.3) is 0 Å². The molecule has 0 bridgehead atoms. The minimum atomic E-state index is -3.41. The predicted molar refractivity (Wildman–Crippen MR) is 78.9 cm³/mol. The summed E-state index contributed by atoms with van der Waals surface area (Å²) >= 11 is 6.00. The van der Waals surface area contributed by atoms with Crippen molar-refractivity contribution >= 4 is 21.6 Å². The fraction of sp³-hybridized carbons (Fsp3) is 0.571. The smallest absolute Gasteiger partial charge is 0.243 e. The molecule has 1 saturated heterocycles. The summed E-state index contributed by atoms with van der Waals surface area (Å²) in [6.45, 7) is 1.56. The highest BCUT2D eigenvalue weighted by Gasteiger charge is 2.41. The van der Waals surface area contributed by atoms with Crippen LogP contribution in [0.3, 0.4) is 0 Å². The molecule has 1 aliphatic carbocycles. The Morgan fingerprint density at radius 3 is 2.50 bits per heavy atom. The molecular formula is C14H19ClN2O2S. The number of hydrogen-bond acceptors (Lipinski definition) is 3. The van der Waals surface area contributed by atoms with Crippen LogP contribution in [0.2, 0.25) is 5.02 Å². The molecule has 6 heteroatoms. The van der Waals surface area contributed by atoms with Gasteiger partial charge in [0.15, 0.2) is 0 Å². The van der Waals surface area contributed by atoms with Crippen molar-refractivity contribution in [3.05, 3.63) is 28.8 Å². The van der Waals surface area contributed by atoms with Gasteiger partial charge in [0.1, 0.15) is 0 Å². The lowest BCUT2D eigenvalue weighted by Gasteiger charge is -2.18. The van der Waals surface area contributed by atoms with Gasteiger partial charge in [-0.15, -0.1) is 0 Å². The van der Waals surface area contributed by atoms with Crippen molar-refractivity contribution < 1.29 is 8.42 Å². The van der Waals surface area contributed by atoms with Crippen molar-refractivity contribution in [2.75, 3.05) is 13.1 Å². The number of nitrogens with zero attached hydrogens (tertiary/aromatic N) is 1. The summed E-state index contributed by atoms with van der Waals surface area (Å²) in [6, 6.07) is 4.80. The van der Waals surface area contributed by atoms with E-state index >= 15 is 0 Å². The summed E-state index contributed by atoms with van der Waals surface area (Å²) in [4.78, 5) is 0.308. The molecule has 20 heavy (non-hydrogen) atoms. The Morgan fingerprint density at radius 2 is 1.90 bits per heavy atom. The molecule has 2 fully saturated rings. The van der Waals surface area contributed by atoms with Crippen LogP contribution >= 0.6 is 11.6 Å². The molecule has 3 rings (SSSR count). The van der Waals surface area contributed by atoms with Gasteiger partial charge >= 0.3 is 0 Å². The fourth-order valence-corrected chi connectivity index (χ4v) is 5.20. The summed E-state index contributed by atoms with van der Waals surface area (Å²) in [5.74, 6) is 1.09. The van der Waals surface area contributed by atoms with E-state index in [4.69, 9.17) is 17.3 Å². The molecule has 0 radical (unpaired) electrons. The highest BCUT2D eigenvalue weighted by atomic mass is 35.5. The molecule has 1 aromatic rings. The Bertz CT molecular complexity index is 606. The maximum Gasteiger partial charge on any atom is 0.243 e. The summed E-state index contributed by atoms with van der Waals surface area (Å²) in [5.41, 5.74) is 6.27. The molecule has 1 aromatic carbocycles. The highest BCUT2D eigenvalue weighted by Crippen LogP contribution is 2.39. The topological polar surface area (TPSA) is 63.4 Å². The summed E-state index contributed by atoms with van der Waals surface area (Å²) in [6.07, 6.45) is 3.55. The largest absolute Gasteiger partial charge is 0.326 e. The maximum absolute atomic E-state index is 12.7. The zero-order valence-corrected chi connectivity index (χ0v) is 12.8. The van der Waals surface area contributed by atoms with Gasteiger partial charge in [0, 0.05) is 24.7 Å². The van der Waals surface area contributed by atoms with Crippen LogP contribution in [0.25, 0.3) is 0 Å². The Labute approximate surface area is 125 Å². The third kappa shape index (κ3) is 2.37. The molecule has 1 aliphatic heterocycles. The van der Waals surface area contributed by atoms with Crippen molar-refractivity contribution in [1.82, 2.24) is 4.31 Å². The van der Waals surface area contributed by atoms with Crippen molar-refractivity contribution in [3.8, 4) is 0 Å². The number of sulfonamides is 1. The molecule has 0 spiro atoms. The minimum Gasteiger partial charge on any atom is -0.326 e. The van der Waals surface area contributed by atoms with E-state index in [-0.39, 0.29) is 6.54 Å². The SMILES string of the molecule is NCc1cc(S(=O)(=O)N2CC3CCCC3C2)ccc1Cl. The number of fused-ring (bicyclic) bond motifs is 1. The lowest BCUT2D eigenvalue weighted by molar-refractivity contribution is 0.445. The van der Waals surface area contributed by atoms with Crippen LogP contribution < -0.4 is 5.73 Å². The standard InChI is InChI=1S/C14H19ClN2O2S/c15-14-5-4-13(6-12(14)7-16)20(18,19)17-8-10-2-1-3-11(10)9-17/h4-6,10-11H,1-3,7-9,16H2. The Balaban J connectivity index is 1.89. The summed E-state index contributed by atoms with van der Waals surface area (Å²) < 4.78 is 27.0. The van der Waals surface area contributed by atoms with Gasteiger partial charge in [-0.25, -0.2) is 8.42 Å². The Hall–Kier alpha value is -0.620. The van der Waals surface area contributed by atoms with E-state index in [1.807, 2.05) is 0 Å². The lowest BCUT2D eigenvalue weighted by atomic mass is 10.0. The van der Waals surface area contributed by atoms with E-state index in [1.54, 1.807) is 22.5 Å². The van der Waals surface area contributed by atoms with E-state index in [2.05, 4.69) is 0 Å². The van der Waals surface area contributed by atoms with Gasteiger partial charge in [-0.3, -0.25) is 0 Å². The van der Waals surface area contributed by atoms with Gasteiger partial charge in [-0.1, -0.05) is 18.0 Å². The molecule has 2 atom stereocenters. The summed E-state index contributed by atoms with van der Waals surface area (Å²) in [7, 11) is -3.41. The average molecular weight is 315 g/mol. The third-order valence-electron chi connectivity index (χ3n) is 4.57. The average Bonchev–Trinajstić information content (AvgIpc) is 2.99. The normalized spacial score (nSPS) is 26.9. The quantitative estimate of drug-likeness (QED) is 0.930. The van der Waals surface area contributed by atoms with Gasteiger partial charge in [0.05, 0.1) is 4.90 Å². The Kier molecular flexibility index (Phi) is 3.79. The fourth-order valence-electron chi connectivity index (χ4n) is 3.41. The summed E-state index contributed by atoms with van der Waals surface area (Å²) in [5, 5.41) is 0.518. The maximum atomic E-state index is 12.7. The molecular weight excluding hydrogens is 296 g/mol. The van der Waals surface area contributed by atoms with E-state index in [9.17, 15) is 8.42 Å².